The predicted molar refractivity (Wildman–Crippen MR) is 122 cm³/mol. The molecule has 7 heteroatoms. The van der Waals surface area contributed by atoms with Gasteiger partial charge in [0.05, 0.1) is 22.1 Å². The van der Waals surface area contributed by atoms with E-state index in [9.17, 15) is 13.2 Å². The number of hydrogen-bond donors (Lipinski definition) is 2. The summed E-state index contributed by atoms with van der Waals surface area (Å²) in [6, 6.07) is 6.81. The fraction of sp³-hybridized carbons (Fsp3) is 0.440. The van der Waals surface area contributed by atoms with Crippen molar-refractivity contribution >= 4 is 22.1 Å². The van der Waals surface area contributed by atoms with Crippen LogP contribution in [0.25, 0.3) is 22.1 Å². The van der Waals surface area contributed by atoms with E-state index >= 15 is 0 Å². The normalized spacial score (nSPS) is 13.4. The van der Waals surface area contributed by atoms with Gasteiger partial charge in [0.1, 0.15) is 17.2 Å². The molecule has 0 bridgehead atoms. The van der Waals surface area contributed by atoms with Crippen LogP contribution < -0.4 is 0 Å². The van der Waals surface area contributed by atoms with Gasteiger partial charge < -0.3 is 9.97 Å². The zero-order chi connectivity index (χ0) is 23.6. The molecule has 0 aliphatic heterocycles. The van der Waals surface area contributed by atoms with Gasteiger partial charge in [0.2, 0.25) is 0 Å². The Morgan fingerprint density at radius 1 is 0.781 bits per heavy atom. The SMILES string of the molecule is Cc1cc(Cc2ccc(C(F)(F)F)c3nc(C(C)(C)C)[nH]c23)c2nc(C(C)(C)C)[nH]c2c1. The lowest BCUT2D eigenvalue weighted by molar-refractivity contribution is -0.136. The molecule has 4 rings (SSSR count). The zero-order valence-corrected chi connectivity index (χ0v) is 19.5. The molecule has 0 unspecified atom stereocenters. The topological polar surface area (TPSA) is 57.4 Å². The molecule has 2 aromatic carbocycles. The van der Waals surface area contributed by atoms with Crippen molar-refractivity contribution in [2.75, 3.05) is 0 Å². The molecule has 4 aromatic rings. The van der Waals surface area contributed by atoms with Crippen LogP contribution in [0.2, 0.25) is 0 Å². The molecular weight excluding hydrogens is 413 g/mol. The van der Waals surface area contributed by atoms with Crippen molar-refractivity contribution < 1.29 is 13.2 Å². The Morgan fingerprint density at radius 3 is 1.97 bits per heavy atom. The van der Waals surface area contributed by atoms with E-state index < -0.39 is 17.2 Å². The summed E-state index contributed by atoms with van der Waals surface area (Å²) in [7, 11) is 0. The van der Waals surface area contributed by atoms with Crippen LogP contribution in [0.1, 0.15) is 75.4 Å². The second-order valence-corrected chi connectivity index (χ2v) is 10.7. The minimum absolute atomic E-state index is 0.0266. The molecule has 0 spiro atoms. The maximum Gasteiger partial charge on any atom is 0.418 e. The van der Waals surface area contributed by atoms with Gasteiger partial charge in [-0.05, 0) is 35.7 Å². The first-order valence-electron chi connectivity index (χ1n) is 10.7. The number of alkyl halides is 3. The van der Waals surface area contributed by atoms with Crippen LogP contribution in [0.15, 0.2) is 24.3 Å². The number of halogens is 3. The number of nitrogens with zero attached hydrogens (tertiary/aromatic N) is 2. The van der Waals surface area contributed by atoms with Crippen LogP contribution in [-0.2, 0) is 23.4 Å². The largest absolute Gasteiger partial charge is 0.418 e. The van der Waals surface area contributed by atoms with Gasteiger partial charge >= 0.3 is 6.18 Å². The monoisotopic (exact) mass is 442 g/mol. The maximum absolute atomic E-state index is 13.7. The average Bonchev–Trinajstić information content (AvgIpc) is 3.24. The summed E-state index contributed by atoms with van der Waals surface area (Å²) < 4.78 is 41.1. The van der Waals surface area contributed by atoms with Gasteiger partial charge in [-0.3, -0.25) is 0 Å². The molecule has 2 N–H and O–H groups in total. The Balaban J connectivity index is 1.91. The van der Waals surface area contributed by atoms with Gasteiger partial charge in [-0.15, -0.1) is 0 Å². The number of aromatic amines is 2. The van der Waals surface area contributed by atoms with Crippen LogP contribution in [0.4, 0.5) is 13.2 Å². The highest BCUT2D eigenvalue weighted by Crippen LogP contribution is 2.37. The summed E-state index contributed by atoms with van der Waals surface area (Å²) in [5.74, 6) is 1.42. The second-order valence-electron chi connectivity index (χ2n) is 10.7. The standard InChI is InChI=1S/C25H29F3N4/c1-13-10-15(18-17(11-13)29-21(30-18)23(2,3)4)12-14-8-9-16(25(26,27)28)20-19(14)31-22(32-20)24(5,6)7/h8-11H,12H2,1-7H3,(H,29,30)(H,31,32). The summed E-state index contributed by atoms with van der Waals surface area (Å²) >= 11 is 0. The minimum Gasteiger partial charge on any atom is -0.342 e. The molecular formula is C25H29F3N4. The first-order chi connectivity index (χ1) is 14.6. The molecule has 0 amide bonds. The van der Waals surface area contributed by atoms with Crippen LogP contribution >= 0.6 is 0 Å². The van der Waals surface area contributed by atoms with Gasteiger partial charge in [0.25, 0.3) is 0 Å². The summed E-state index contributed by atoms with van der Waals surface area (Å²) in [5.41, 5.74) is 3.75. The Morgan fingerprint density at radius 2 is 1.38 bits per heavy atom. The molecule has 170 valence electrons. The van der Waals surface area contributed by atoms with Crippen LogP contribution in [-0.4, -0.2) is 19.9 Å². The number of aryl methyl sites for hydroxylation is 1. The Kier molecular flexibility index (Phi) is 4.95. The van der Waals surface area contributed by atoms with E-state index in [1.165, 1.54) is 0 Å². The molecule has 0 atom stereocenters. The van der Waals surface area contributed by atoms with E-state index in [0.29, 0.717) is 17.8 Å². The highest BCUT2D eigenvalue weighted by molar-refractivity contribution is 5.85. The molecule has 0 aliphatic rings. The Bertz CT molecular complexity index is 1310. The van der Waals surface area contributed by atoms with Crippen molar-refractivity contribution in [3.63, 3.8) is 0 Å². The lowest BCUT2D eigenvalue weighted by Gasteiger charge is -2.14. The number of hydrogen-bond acceptors (Lipinski definition) is 2. The fourth-order valence-electron chi connectivity index (χ4n) is 3.92. The molecule has 0 saturated heterocycles. The summed E-state index contributed by atoms with van der Waals surface area (Å²) in [6.45, 7) is 14.1. The van der Waals surface area contributed by atoms with Crippen molar-refractivity contribution in [1.82, 2.24) is 19.9 Å². The van der Waals surface area contributed by atoms with Crippen molar-refractivity contribution in [2.45, 2.75) is 71.9 Å². The van der Waals surface area contributed by atoms with Crippen LogP contribution in [0, 0.1) is 6.92 Å². The first kappa shape index (κ1) is 22.4. The fourth-order valence-corrected chi connectivity index (χ4v) is 3.92. The van der Waals surface area contributed by atoms with Crippen molar-refractivity contribution in [3.8, 4) is 0 Å². The highest BCUT2D eigenvalue weighted by Gasteiger charge is 2.35. The smallest absolute Gasteiger partial charge is 0.342 e. The lowest BCUT2D eigenvalue weighted by Crippen LogP contribution is -2.13. The van der Waals surface area contributed by atoms with E-state index in [2.05, 4.69) is 47.9 Å². The predicted octanol–water partition coefficient (Wildman–Crippen LogP) is 6.95. The lowest BCUT2D eigenvalue weighted by atomic mass is 9.96. The third kappa shape index (κ3) is 4.00. The molecule has 0 saturated carbocycles. The number of rotatable bonds is 2. The molecule has 32 heavy (non-hydrogen) atoms. The van der Waals surface area contributed by atoms with Gasteiger partial charge in [0.15, 0.2) is 0 Å². The molecule has 0 fully saturated rings. The van der Waals surface area contributed by atoms with Gasteiger partial charge in [-0.1, -0.05) is 53.7 Å². The third-order valence-corrected chi connectivity index (χ3v) is 5.65. The van der Waals surface area contributed by atoms with Crippen LogP contribution in [0.3, 0.4) is 0 Å². The molecule has 2 heterocycles. The van der Waals surface area contributed by atoms with E-state index in [4.69, 9.17) is 4.98 Å². The van der Waals surface area contributed by atoms with E-state index in [1.54, 1.807) is 6.07 Å². The maximum atomic E-state index is 13.7. The zero-order valence-electron chi connectivity index (χ0n) is 19.5. The van der Waals surface area contributed by atoms with Crippen molar-refractivity contribution in [1.29, 1.82) is 0 Å². The molecule has 0 radical (unpaired) electrons. The number of aromatic nitrogens is 4. The molecule has 2 aromatic heterocycles. The minimum atomic E-state index is -4.47. The molecule has 0 aliphatic carbocycles. The van der Waals surface area contributed by atoms with Crippen molar-refractivity contribution in [3.05, 3.63) is 58.2 Å². The second kappa shape index (κ2) is 7.09. The summed E-state index contributed by atoms with van der Waals surface area (Å²) in [5, 5.41) is 0. The number of benzene rings is 2. The Hall–Kier alpha value is -2.83. The van der Waals surface area contributed by atoms with E-state index in [1.807, 2.05) is 27.7 Å². The average molecular weight is 443 g/mol. The van der Waals surface area contributed by atoms with E-state index in [0.717, 1.165) is 39.6 Å². The molecule has 4 nitrogen and oxygen atoms in total. The number of fused-ring (bicyclic) bond motifs is 2. The first-order valence-corrected chi connectivity index (χ1v) is 10.7. The van der Waals surface area contributed by atoms with Gasteiger partial charge in [-0.2, -0.15) is 13.2 Å². The van der Waals surface area contributed by atoms with Crippen LogP contribution in [0.5, 0.6) is 0 Å². The van der Waals surface area contributed by atoms with Gasteiger partial charge in [-0.25, -0.2) is 9.97 Å². The van der Waals surface area contributed by atoms with E-state index in [-0.39, 0.29) is 10.9 Å². The summed E-state index contributed by atoms with van der Waals surface area (Å²) in [6.07, 6.45) is -4.02. The third-order valence-electron chi connectivity index (χ3n) is 5.65. The number of imidazole rings is 2. The highest BCUT2D eigenvalue weighted by atomic mass is 19.4. The Labute approximate surface area is 185 Å². The number of H-pyrrole nitrogens is 2. The van der Waals surface area contributed by atoms with Gasteiger partial charge in [0, 0.05) is 17.3 Å². The summed E-state index contributed by atoms with van der Waals surface area (Å²) in [4.78, 5) is 15.8. The van der Waals surface area contributed by atoms with Crippen molar-refractivity contribution in [2.24, 2.45) is 0 Å². The number of nitrogens with one attached hydrogen (secondary N) is 2. The quantitative estimate of drug-likeness (QED) is 0.353.